The number of nitrogens with one attached hydrogen (secondary N) is 1. The van der Waals surface area contributed by atoms with Gasteiger partial charge in [0.15, 0.2) is 5.82 Å². The van der Waals surface area contributed by atoms with Gasteiger partial charge in [0.2, 0.25) is 0 Å². The lowest BCUT2D eigenvalue weighted by Gasteiger charge is -2.11. The van der Waals surface area contributed by atoms with Gasteiger partial charge in [-0.3, -0.25) is 4.79 Å². The highest BCUT2D eigenvalue weighted by atomic mass is 16.1. The van der Waals surface area contributed by atoms with E-state index in [1.54, 1.807) is 17.0 Å². The lowest BCUT2D eigenvalue weighted by Crippen LogP contribution is -2.25. The number of rotatable bonds is 4. The van der Waals surface area contributed by atoms with Crippen LogP contribution in [0.5, 0.6) is 0 Å². The molecule has 16 heavy (non-hydrogen) atoms. The number of hydrogen-bond donors (Lipinski definition) is 1. The molecule has 1 fully saturated rings. The molecule has 0 aromatic carbocycles. The molecule has 4 heteroatoms. The summed E-state index contributed by atoms with van der Waals surface area (Å²) in [5.74, 6) is 1.22. The Morgan fingerprint density at radius 3 is 2.94 bits per heavy atom. The average molecular weight is 221 g/mol. The zero-order chi connectivity index (χ0) is 11.4. The van der Waals surface area contributed by atoms with Crippen LogP contribution in [0.3, 0.4) is 0 Å². The maximum absolute atomic E-state index is 11.8. The van der Waals surface area contributed by atoms with Gasteiger partial charge in [-0.25, -0.2) is 4.98 Å². The van der Waals surface area contributed by atoms with Gasteiger partial charge in [0.1, 0.15) is 0 Å². The van der Waals surface area contributed by atoms with Crippen molar-refractivity contribution in [3.05, 3.63) is 22.7 Å². The van der Waals surface area contributed by atoms with Gasteiger partial charge in [0.05, 0.1) is 0 Å². The summed E-state index contributed by atoms with van der Waals surface area (Å²) in [5.41, 5.74) is -0.0111. The van der Waals surface area contributed by atoms with Crippen LogP contribution in [0.4, 0.5) is 5.82 Å². The van der Waals surface area contributed by atoms with Crippen molar-refractivity contribution in [3.8, 4) is 0 Å². The number of aryl methyl sites for hydroxylation is 1. The Morgan fingerprint density at radius 1 is 1.50 bits per heavy atom. The number of anilines is 1. The van der Waals surface area contributed by atoms with Crippen LogP contribution in [-0.4, -0.2) is 16.1 Å². The minimum atomic E-state index is -0.0111. The minimum Gasteiger partial charge on any atom is -0.365 e. The largest absolute Gasteiger partial charge is 0.365 e. The summed E-state index contributed by atoms with van der Waals surface area (Å²) in [7, 11) is 0. The van der Waals surface area contributed by atoms with E-state index in [9.17, 15) is 4.79 Å². The number of hydrogen-bond acceptors (Lipinski definition) is 3. The van der Waals surface area contributed by atoms with E-state index in [0.717, 1.165) is 12.5 Å². The van der Waals surface area contributed by atoms with Crippen LogP contribution in [0.1, 0.15) is 32.6 Å². The fourth-order valence-electron chi connectivity index (χ4n) is 2.27. The molecule has 1 N–H and O–H groups in total. The second-order valence-electron chi connectivity index (χ2n) is 4.40. The zero-order valence-electron chi connectivity index (χ0n) is 9.78. The summed E-state index contributed by atoms with van der Waals surface area (Å²) >= 11 is 0. The molecule has 0 bridgehead atoms. The Morgan fingerprint density at radius 2 is 2.25 bits per heavy atom. The molecule has 0 radical (unpaired) electrons. The van der Waals surface area contributed by atoms with Crippen LogP contribution in [0.2, 0.25) is 0 Å². The Kier molecular flexibility index (Phi) is 3.59. The smallest absolute Gasteiger partial charge is 0.293 e. The number of aromatic nitrogens is 2. The standard InChI is InChI=1S/C12H19N3O/c1-2-15-8-7-13-11(12(15)16)14-9-10-5-3-4-6-10/h7-8,10H,2-6,9H2,1H3,(H,13,14). The van der Waals surface area contributed by atoms with Crippen LogP contribution >= 0.6 is 0 Å². The molecule has 0 unspecified atom stereocenters. The van der Waals surface area contributed by atoms with Crippen molar-refractivity contribution in [1.29, 1.82) is 0 Å². The Bertz CT molecular complexity index is 393. The van der Waals surface area contributed by atoms with E-state index in [2.05, 4.69) is 10.3 Å². The summed E-state index contributed by atoms with van der Waals surface area (Å²) < 4.78 is 1.67. The summed E-state index contributed by atoms with van der Waals surface area (Å²) in [4.78, 5) is 15.9. The first-order chi connectivity index (χ1) is 7.81. The van der Waals surface area contributed by atoms with E-state index < -0.39 is 0 Å². The van der Waals surface area contributed by atoms with Gasteiger partial charge >= 0.3 is 0 Å². The maximum Gasteiger partial charge on any atom is 0.293 e. The highest BCUT2D eigenvalue weighted by molar-refractivity contribution is 5.30. The molecule has 0 saturated heterocycles. The van der Waals surface area contributed by atoms with Crippen molar-refractivity contribution in [3.63, 3.8) is 0 Å². The molecule has 0 atom stereocenters. The van der Waals surface area contributed by atoms with Gasteiger partial charge in [-0.15, -0.1) is 0 Å². The quantitative estimate of drug-likeness (QED) is 0.844. The van der Waals surface area contributed by atoms with Crippen molar-refractivity contribution in [2.45, 2.75) is 39.2 Å². The summed E-state index contributed by atoms with van der Waals surface area (Å²) in [6, 6.07) is 0. The van der Waals surface area contributed by atoms with Crippen molar-refractivity contribution in [1.82, 2.24) is 9.55 Å². The van der Waals surface area contributed by atoms with Crippen molar-refractivity contribution < 1.29 is 0 Å². The van der Waals surface area contributed by atoms with Crippen LogP contribution in [0.15, 0.2) is 17.2 Å². The molecule has 1 aromatic heterocycles. The van der Waals surface area contributed by atoms with Gasteiger partial charge in [0, 0.05) is 25.5 Å². The Labute approximate surface area is 95.7 Å². The van der Waals surface area contributed by atoms with Gasteiger partial charge in [-0.05, 0) is 25.7 Å². The normalized spacial score (nSPS) is 16.6. The summed E-state index contributed by atoms with van der Waals surface area (Å²) in [5, 5.41) is 3.19. The van der Waals surface area contributed by atoms with Crippen molar-refractivity contribution in [2.75, 3.05) is 11.9 Å². The monoisotopic (exact) mass is 221 g/mol. The van der Waals surface area contributed by atoms with Gasteiger partial charge < -0.3 is 9.88 Å². The molecule has 0 amide bonds. The summed E-state index contributed by atoms with van der Waals surface area (Å²) in [6.07, 6.45) is 8.62. The molecule has 1 heterocycles. The minimum absolute atomic E-state index is 0.0111. The average Bonchev–Trinajstić information content (AvgIpc) is 2.81. The van der Waals surface area contributed by atoms with Gasteiger partial charge in [0.25, 0.3) is 5.56 Å². The SMILES string of the molecule is CCn1ccnc(NCC2CCCC2)c1=O. The third-order valence-electron chi connectivity index (χ3n) is 3.29. The first kappa shape index (κ1) is 11.2. The lowest BCUT2D eigenvalue weighted by atomic mass is 10.1. The van der Waals surface area contributed by atoms with Crippen LogP contribution in [0, 0.1) is 5.92 Å². The molecule has 1 aliphatic carbocycles. The van der Waals surface area contributed by atoms with Crippen LogP contribution < -0.4 is 10.9 Å². The molecular formula is C12H19N3O. The third-order valence-corrected chi connectivity index (χ3v) is 3.29. The van der Waals surface area contributed by atoms with E-state index in [1.807, 2.05) is 6.92 Å². The van der Waals surface area contributed by atoms with E-state index >= 15 is 0 Å². The summed E-state index contributed by atoms with van der Waals surface area (Å²) in [6.45, 7) is 3.54. The highest BCUT2D eigenvalue weighted by Crippen LogP contribution is 2.24. The molecule has 2 rings (SSSR count). The lowest BCUT2D eigenvalue weighted by molar-refractivity contribution is 0.577. The second kappa shape index (κ2) is 5.14. The third kappa shape index (κ3) is 2.43. The second-order valence-corrected chi connectivity index (χ2v) is 4.40. The zero-order valence-corrected chi connectivity index (χ0v) is 9.78. The van der Waals surface area contributed by atoms with E-state index in [1.165, 1.54) is 25.7 Å². The molecule has 0 spiro atoms. The Balaban J connectivity index is 2.00. The molecule has 1 aliphatic rings. The van der Waals surface area contributed by atoms with Gasteiger partial charge in [-0.2, -0.15) is 0 Å². The molecule has 4 nitrogen and oxygen atoms in total. The molecule has 88 valence electrons. The van der Waals surface area contributed by atoms with Crippen molar-refractivity contribution >= 4 is 5.82 Å². The number of nitrogens with zero attached hydrogens (tertiary/aromatic N) is 2. The van der Waals surface area contributed by atoms with E-state index in [-0.39, 0.29) is 5.56 Å². The first-order valence-electron chi connectivity index (χ1n) is 6.10. The van der Waals surface area contributed by atoms with Gasteiger partial charge in [-0.1, -0.05) is 12.8 Å². The van der Waals surface area contributed by atoms with Crippen LogP contribution in [0.25, 0.3) is 0 Å². The molecule has 1 aromatic rings. The first-order valence-corrected chi connectivity index (χ1v) is 6.10. The predicted molar refractivity (Wildman–Crippen MR) is 64.6 cm³/mol. The van der Waals surface area contributed by atoms with Crippen molar-refractivity contribution in [2.24, 2.45) is 5.92 Å². The van der Waals surface area contributed by atoms with E-state index in [4.69, 9.17) is 0 Å². The topological polar surface area (TPSA) is 46.9 Å². The van der Waals surface area contributed by atoms with E-state index in [0.29, 0.717) is 12.4 Å². The van der Waals surface area contributed by atoms with Crippen LogP contribution in [-0.2, 0) is 6.54 Å². The Hall–Kier alpha value is -1.32. The highest BCUT2D eigenvalue weighted by Gasteiger charge is 2.15. The molecule has 0 aliphatic heterocycles. The maximum atomic E-state index is 11.8. The molecular weight excluding hydrogens is 202 g/mol. The fourth-order valence-corrected chi connectivity index (χ4v) is 2.27. The fraction of sp³-hybridized carbons (Fsp3) is 0.667. The predicted octanol–water partition coefficient (Wildman–Crippen LogP) is 1.87. The molecule has 1 saturated carbocycles.